The van der Waals surface area contributed by atoms with E-state index in [4.69, 9.17) is 4.74 Å². The van der Waals surface area contributed by atoms with Crippen molar-refractivity contribution in [2.24, 2.45) is 0 Å². The van der Waals surface area contributed by atoms with Gasteiger partial charge in [-0.3, -0.25) is 4.68 Å². The van der Waals surface area contributed by atoms with Crippen LogP contribution in [0.1, 0.15) is 30.5 Å². The largest absolute Gasteiger partial charge is 0.377 e. The molecule has 5 heteroatoms. The summed E-state index contributed by atoms with van der Waals surface area (Å²) in [5.41, 5.74) is 0.787. The third kappa shape index (κ3) is 1.64. The van der Waals surface area contributed by atoms with Crippen LogP contribution in [-0.2, 0) is 4.74 Å². The van der Waals surface area contributed by atoms with Crippen LogP contribution < -0.4 is 5.32 Å². The number of aromatic nitrogens is 2. The molecule has 2 aliphatic heterocycles. The maximum absolute atomic E-state index is 13.8. The van der Waals surface area contributed by atoms with E-state index in [9.17, 15) is 4.39 Å². The summed E-state index contributed by atoms with van der Waals surface area (Å²) in [7, 11) is 0. The Kier molecular flexibility index (Phi) is 2.65. The second kappa shape index (κ2) is 4.14. The summed E-state index contributed by atoms with van der Waals surface area (Å²) in [6.45, 7) is 3.27. The number of hydrogen-bond donors (Lipinski definition) is 1. The molecule has 2 fully saturated rings. The van der Waals surface area contributed by atoms with Crippen molar-refractivity contribution in [2.75, 3.05) is 26.3 Å². The number of piperidine rings is 1. The lowest BCUT2D eigenvalue weighted by atomic mass is 9.94. The van der Waals surface area contributed by atoms with E-state index in [-0.39, 0.29) is 11.9 Å². The van der Waals surface area contributed by atoms with E-state index < -0.39 is 0 Å². The van der Waals surface area contributed by atoms with Crippen molar-refractivity contribution >= 4 is 0 Å². The van der Waals surface area contributed by atoms with E-state index in [0.29, 0.717) is 19.1 Å². The predicted octanol–water partition coefficient (Wildman–Crippen LogP) is 1.06. The van der Waals surface area contributed by atoms with Crippen LogP contribution in [-0.4, -0.2) is 36.1 Å². The molecule has 0 bridgehead atoms. The van der Waals surface area contributed by atoms with E-state index >= 15 is 0 Å². The SMILES string of the molecule is Fc1cnn(C2COC2)c1C1CCNCC1. The summed E-state index contributed by atoms with van der Waals surface area (Å²) in [5, 5.41) is 7.45. The predicted molar refractivity (Wildman–Crippen MR) is 56.9 cm³/mol. The van der Waals surface area contributed by atoms with E-state index in [1.165, 1.54) is 6.20 Å². The van der Waals surface area contributed by atoms with Crippen molar-refractivity contribution < 1.29 is 9.13 Å². The smallest absolute Gasteiger partial charge is 0.164 e. The number of halogens is 1. The van der Waals surface area contributed by atoms with Gasteiger partial charge in [0.2, 0.25) is 0 Å². The van der Waals surface area contributed by atoms with Gasteiger partial charge in [-0.05, 0) is 25.9 Å². The molecule has 3 rings (SSSR count). The van der Waals surface area contributed by atoms with Crippen LogP contribution in [0.3, 0.4) is 0 Å². The first-order valence-electron chi connectivity index (χ1n) is 5.87. The van der Waals surface area contributed by atoms with Gasteiger partial charge in [-0.15, -0.1) is 0 Å². The van der Waals surface area contributed by atoms with E-state index in [1.54, 1.807) is 0 Å². The van der Waals surface area contributed by atoms with Gasteiger partial charge in [0, 0.05) is 5.92 Å². The molecular weight excluding hydrogens is 209 g/mol. The zero-order valence-electron chi connectivity index (χ0n) is 9.16. The molecule has 4 nitrogen and oxygen atoms in total. The highest BCUT2D eigenvalue weighted by Gasteiger charge is 2.29. The lowest BCUT2D eigenvalue weighted by Crippen LogP contribution is -2.35. The van der Waals surface area contributed by atoms with Gasteiger partial charge in [0.1, 0.15) is 0 Å². The van der Waals surface area contributed by atoms with Crippen molar-refractivity contribution in [1.82, 2.24) is 15.1 Å². The maximum atomic E-state index is 13.8. The van der Waals surface area contributed by atoms with Crippen molar-refractivity contribution in [1.29, 1.82) is 0 Å². The molecule has 0 aliphatic carbocycles. The van der Waals surface area contributed by atoms with E-state index in [1.807, 2.05) is 4.68 Å². The molecule has 1 aromatic heterocycles. The monoisotopic (exact) mass is 225 g/mol. The summed E-state index contributed by atoms with van der Waals surface area (Å²) in [6.07, 6.45) is 3.34. The van der Waals surface area contributed by atoms with Gasteiger partial charge in [0.15, 0.2) is 5.82 Å². The minimum Gasteiger partial charge on any atom is -0.377 e. The second-order valence-corrected chi connectivity index (χ2v) is 4.54. The van der Waals surface area contributed by atoms with Gasteiger partial charge < -0.3 is 10.1 Å². The molecule has 3 heterocycles. The standard InChI is InChI=1S/C11H16FN3O/c12-10-5-14-15(9-6-16-7-9)11(10)8-1-3-13-4-2-8/h5,8-9,13H,1-4,6-7H2. The number of nitrogens with one attached hydrogen (secondary N) is 1. The Bertz CT molecular complexity index is 369. The Labute approximate surface area is 93.8 Å². The van der Waals surface area contributed by atoms with Gasteiger partial charge in [-0.25, -0.2) is 4.39 Å². The van der Waals surface area contributed by atoms with Gasteiger partial charge in [0.05, 0.1) is 31.1 Å². The van der Waals surface area contributed by atoms with Gasteiger partial charge in [-0.2, -0.15) is 5.10 Å². The van der Waals surface area contributed by atoms with Crippen molar-refractivity contribution in [3.05, 3.63) is 17.7 Å². The minimum absolute atomic E-state index is 0.154. The van der Waals surface area contributed by atoms with Crippen LogP contribution in [0.4, 0.5) is 4.39 Å². The van der Waals surface area contributed by atoms with Gasteiger partial charge >= 0.3 is 0 Å². The minimum atomic E-state index is -0.154. The Hall–Kier alpha value is -0.940. The number of rotatable bonds is 2. The molecule has 16 heavy (non-hydrogen) atoms. The summed E-state index contributed by atoms with van der Waals surface area (Å²) < 4.78 is 20.8. The fourth-order valence-corrected chi connectivity index (χ4v) is 2.48. The van der Waals surface area contributed by atoms with Crippen LogP contribution >= 0.6 is 0 Å². The number of ether oxygens (including phenoxy) is 1. The average Bonchev–Trinajstić information content (AvgIpc) is 2.59. The molecule has 0 unspecified atom stereocenters. The lowest BCUT2D eigenvalue weighted by Gasteiger charge is -2.31. The molecule has 2 aliphatic rings. The topological polar surface area (TPSA) is 39.1 Å². The van der Waals surface area contributed by atoms with Crippen LogP contribution in [0.5, 0.6) is 0 Å². The Morgan fingerprint density at radius 3 is 2.75 bits per heavy atom. The summed E-state index contributed by atoms with van der Waals surface area (Å²) >= 11 is 0. The highest BCUT2D eigenvalue weighted by molar-refractivity contribution is 5.13. The summed E-state index contributed by atoms with van der Waals surface area (Å²) in [4.78, 5) is 0. The molecule has 1 aromatic rings. The molecule has 0 atom stereocenters. The molecule has 0 radical (unpaired) electrons. The molecule has 88 valence electrons. The molecule has 1 N–H and O–H groups in total. The van der Waals surface area contributed by atoms with Gasteiger partial charge in [-0.1, -0.05) is 0 Å². The summed E-state index contributed by atoms with van der Waals surface area (Å²) in [6, 6.07) is 0.245. The van der Waals surface area contributed by atoms with E-state index in [0.717, 1.165) is 31.6 Å². The Morgan fingerprint density at radius 1 is 1.38 bits per heavy atom. The van der Waals surface area contributed by atoms with Crippen molar-refractivity contribution in [2.45, 2.75) is 24.8 Å². The zero-order chi connectivity index (χ0) is 11.0. The van der Waals surface area contributed by atoms with Crippen molar-refractivity contribution in [3.63, 3.8) is 0 Å². The Morgan fingerprint density at radius 2 is 2.12 bits per heavy atom. The zero-order valence-corrected chi connectivity index (χ0v) is 9.16. The van der Waals surface area contributed by atoms with Crippen molar-refractivity contribution in [3.8, 4) is 0 Å². The number of nitrogens with zero attached hydrogens (tertiary/aromatic N) is 2. The summed E-state index contributed by atoms with van der Waals surface area (Å²) in [5.74, 6) is 0.156. The molecule has 0 saturated carbocycles. The van der Waals surface area contributed by atoms with Crippen LogP contribution in [0.25, 0.3) is 0 Å². The molecule has 0 aromatic carbocycles. The quantitative estimate of drug-likeness (QED) is 0.818. The van der Waals surface area contributed by atoms with Gasteiger partial charge in [0.25, 0.3) is 0 Å². The van der Waals surface area contributed by atoms with Crippen LogP contribution in [0.2, 0.25) is 0 Å². The maximum Gasteiger partial charge on any atom is 0.164 e. The third-order valence-electron chi connectivity index (χ3n) is 3.48. The van der Waals surface area contributed by atoms with Crippen LogP contribution in [0, 0.1) is 5.82 Å². The highest BCUT2D eigenvalue weighted by atomic mass is 19.1. The molecular formula is C11H16FN3O. The lowest BCUT2D eigenvalue weighted by molar-refractivity contribution is -0.0306. The first-order valence-corrected chi connectivity index (χ1v) is 5.87. The average molecular weight is 225 g/mol. The van der Waals surface area contributed by atoms with E-state index in [2.05, 4.69) is 10.4 Å². The first-order chi connectivity index (χ1) is 7.86. The highest BCUT2D eigenvalue weighted by Crippen LogP contribution is 2.30. The number of hydrogen-bond acceptors (Lipinski definition) is 3. The first kappa shape index (κ1) is 10.2. The fraction of sp³-hybridized carbons (Fsp3) is 0.727. The Balaban J connectivity index is 1.88. The molecule has 0 spiro atoms. The third-order valence-corrected chi connectivity index (χ3v) is 3.48. The van der Waals surface area contributed by atoms with Crippen LogP contribution in [0.15, 0.2) is 6.20 Å². The molecule has 0 amide bonds. The fourth-order valence-electron chi connectivity index (χ4n) is 2.48. The molecule has 2 saturated heterocycles. The normalized spacial score (nSPS) is 23.3. The second-order valence-electron chi connectivity index (χ2n) is 4.54.